The number of hydrogen-bond donors (Lipinski definition) is 1. The Balaban J connectivity index is 1.73. The first-order valence-electron chi connectivity index (χ1n) is 6.41. The maximum Gasteiger partial charge on any atom is 0.0731 e. The highest BCUT2D eigenvalue weighted by atomic mass is 16.5. The minimum atomic E-state index is -0.0793. The van der Waals surface area contributed by atoms with Crippen LogP contribution in [0.15, 0.2) is 0 Å². The summed E-state index contributed by atoms with van der Waals surface area (Å²) in [5, 5.41) is 9.98. The van der Waals surface area contributed by atoms with Crippen molar-refractivity contribution < 1.29 is 9.84 Å². The molecule has 3 fully saturated rings. The van der Waals surface area contributed by atoms with Gasteiger partial charge < -0.3 is 9.84 Å². The van der Waals surface area contributed by atoms with Crippen molar-refractivity contribution in [3.8, 4) is 0 Å². The fraction of sp³-hybridized carbons (Fsp3) is 1.00. The predicted octanol–water partition coefficient (Wildman–Crippen LogP) is 1.15. The van der Waals surface area contributed by atoms with Crippen molar-refractivity contribution in [1.82, 2.24) is 4.90 Å². The number of aliphatic hydroxyl groups is 1. The topological polar surface area (TPSA) is 32.7 Å². The molecule has 2 aliphatic carbocycles. The number of rotatable bonds is 1. The highest BCUT2D eigenvalue weighted by molar-refractivity contribution is 4.96. The largest absolute Gasteiger partial charge is 0.391 e. The van der Waals surface area contributed by atoms with E-state index in [0.29, 0.717) is 18.2 Å². The zero-order chi connectivity index (χ0) is 10.3. The maximum absolute atomic E-state index is 9.98. The van der Waals surface area contributed by atoms with Gasteiger partial charge in [-0.15, -0.1) is 0 Å². The first-order chi connectivity index (χ1) is 7.36. The van der Waals surface area contributed by atoms with Gasteiger partial charge in [-0.1, -0.05) is 0 Å². The lowest BCUT2D eigenvalue weighted by atomic mass is 10.1. The SMILES string of the molecule is O[C@@H]1CCC[C@H]1N1CCOC2CCCC21. The standard InChI is InChI=1S/C12H21NO2/c14-11-5-1-3-9(11)13-7-8-15-12-6-2-4-10(12)13/h9-12,14H,1-8H2/t9-,10?,11-,12?/m1/s1. The van der Waals surface area contributed by atoms with Crippen molar-refractivity contribution in [3.63, 3.8) is 0 Å². The normalized spacial score (nSPS) is 47.0. The third-order valence-electron chi connectivity index (χ3n) is 4.40. The molecule has 0 aromatic carbocycles. The molecule has 4 atom stereocenters. The smallest absolute Gasteiger partial charge is 0.0731 e. The summed E-state index contributed by atoms with van der Waals surface area (Å²) in [6, 6.07) is 1.04. The second-order valence-corrected chi connectivity index (χ2v) is 5.21. The molecule has 0 aromatic rings. The van der Waals surface area contributed by atoms with E-state index in [1.54, 1.807) is 0 Å². The molecular formula is C12H21NO2. The van der Waals surface area contributed by atoms with Gasteiger partial charge in [0.2, 0.25) is 0 Å². The van der Waals surface area contributed by atoms with E-state index in [0.717, 1.165) is 19.6 Å². The van der Waals surface area contributed by atoms with Gasteiger partial charge in [0, 0.05) is 18.6 Å². The molecule has 1 saturated heterocycles. The summed E-state index contributed by atoms with van der Waals surface area (Å²) in [6.07, 6.45) is 7.56. The minimum absolute atomic E-state index is 0.0793. The summed E-state index contributed by atoms with van der Waals surface area (Å²) in [4.78, 5) is 2.55. The number of aliphatic hydroxyl groups excluding tert-OH is 1. The fourth-order valence-electron chi connectivity index (χ4n) is 3.68. The van der Waals surface area contributed by atoms with Gasteiger partial charge in [0.05, 0.1) is 18.8 Å². The molecule has 0 amide bonds. The Bertz CT molecular complexity index is 230. The van der Waals surface area contributed by atoms with E-state index in [2.05, 4.69) is 4.90 Å². The zero-order valence-electron chi connectivity index (χ0n) is 9.27. The first kappa shape index (κ1) is 10.1. The summed E-state index contributed by atoms with van der Waals surface area (Å²) in [5.74, 6) is 0. The first-order valence-corrected chi connectivity index (χ1v) is 6.41. The molecule has 0 aromatic heterocycles. The third kappa shape index (κ3) is 1.71. The molecule has 3 nitrogen and oxygen atoms in total. The van der Waals surface area contributed by atoms with E-state index >= 15 is 0 Å². The van der Waals surface area contributed by atoms with Crippen LogP contribution < -0.4 is 0 Å². The fourth-order valence-corrected chi connectivity index (χ4v) is 3.68. The Hall–Kier alpha value is -0.120. The summed E-state index contributed by atoms with van der Waals surface area (Å²) in [6.45, 7) is 1.90. The Morgan fingerprint density at radius 1 is 1.00 bits per heavy atom. The molecule has 15 heavy (non-hydrogen) atoms. The number of nitrogens with zero attached hydrogens (tertiary/aromatic N) is 1. The van der Waals surface area contributed by atoms with Crippen molar-refractivity contribution in [1.29, 1.82) is 0 Å². The number of fused-ring (bicyclic) bond motifs is 1. The van der Waals surface area contributed by atoms with E-state index in [9.17, 15) is 5.11 Å². The van der Waals surface area contributed by atoms with Crippen LogP contribution in [0.25, 0.3) is 0 Å². The number of hydrogen-bond acceptors (Lipinski definition) is 3. The minimum Gasteiger partial charge on any atom is -0.391 e. The van der Waals surface area contributed by atoms with E-state index in [4.69, 9.17) is 4.74 Å². The Morgan fingerprint density at radius 3 is 2.60 bits per heavy atom. The van der Waals surface area contributed by atoms with Gasteiger partial charge >= 0.3 is 0 Å². The molecular weight excluding hydrogens is 190 g/mol. The average Bonchev–Trinajstić information content (AvgIpc) is 2.85. The quantitative estimate of drug-likeness (QED) is 0.706. The van der Waals surface area contributed by atoms with E-state index in [1.165, 1.54) is 32.1 Å². The average molecular weight is 211 g/mol. The van der Waals surface area contributed by atoms with Crippen molar-refractivity contribution in [2.45, 2.75) is 62.8 Å². The van der Waals surface area contributed by atoms with Crippen LogP contribution in [0.3, 0.4) is 0 Å². The van der Waals surface area contributed by atoms with Crippen LogP contribution in [-0.2, 0) is 4.74 Å². The lowest BCUT2D eigenvalue weighted by Crippen LogP contribution is -2.55. The molecule has 1 N–H and O–H groups in total. The second-order valence-electron chi connectivity index (χ2n) is 5.21. The van der Waals surface area contributed by atoms with Gasteiger partial charge in [-0.2, -0.15) is 0 Å². The van der Waals surface area contributed by atoms with Gasteiger partial charge in [-0.05, 0) is 38.5 Å². The van der Waals surface area contributed by atoms with E-state index in [-0.39, 0.29) is 6.10 Å². The van der Waals surface area contributed by atoms with E-state index < -0.39 is 0 Å². The Morgan fingerprint density at radius 2 is 1.80 bits per heavy atom. The van der Waals surface area contributed by atoms with Crippen molar-refractivity contribution in [2.24, 2.45) is 0 Å². The zero-order valence-corrected chi connectivity index (χ0v) is 9.27. The maximum atomic E-state index is 9.98. The molecule has 0 spiro atoms. The van der Waals surface area contributed by atoms with Crippen LogP contribution in [0.5, 0.6) is 0 Å². The van der Waals surface area contributed by atoms with Crippen molar-refractivity contribution in [3.05, 3.63) is 0 Å². The Kier molecular flexibility index (Phi) is 2.71. The highest BCUT2D eigenvalue weighted by Gasteiger charge is 2.42. The van der Waals surface area contributed by atoms with Gasteiger partial charge in [0.1, 0.15) is 0 Å². The van der Waals surface area contributed by atoms with Gasteiger partial charge in [-0.25, -0.2) is 0 Å². The molecule has 3 aliphatic rings. The molecule has 1 aliphatic heterocycles. The Labute approximate surface area is 91.4 Å². The van der Waals surface area contributed by atoms with Crippen LogP contribution in [0.2, 0.25) is 0 Å². The van der Waals surface area contributed by atoms with Crippen molar-refractivity contribution >= 4 is 0 Å². The molecule has 3 heteroatoms. The monoisotopic (exact) mass is 211 g/mol. The van der Waals surface area contributed by atoms with Crippen LogP contribution in [-0.4, -0.2) is 47.4 Å². The van der Waals surface area contributed by atoms with Gasteiger partial charge in [-0.3, -0.25) is 4.90 Å². The summed E-state index contributed by atoms with van der Waals surface area (Å²) < 4.78 is 5.80. The van der Waals surface area contributed by atoms with Crippen molar-refractivity contribution in [2.75, 3.05) is 13.2 Å². The van der Waals surface area contributed by atoms with Gasteiger partial charge in [0.25, 0.3) is 0 Å². The molecule has 1 heterocycles. The second kappa shape index (κ2) is 4.04. The predicted molar refractivity (Wildman–Crippen MR) is 57.7 cm³/mol. The van der Waals surface area contributed by atoms with Crippen LogP contribution in [0, 0.1) is 0 Å². The van der Waals surface area contributed by atoms with Crippen LogP contribution in [0.1, 0.15) is 38.5 Å². The number of ether oxygens (including phenoxy) is 1. The molecule has 0 radical (unpaired) electrons. The van der Waals surface area contributed by atoms with Crippen LogP contribution >= 0.6 is 0 Å². The highest BCUT2D eigenvalue weighted by Crippen LogP contribution is 2.35. The molecule has 3 rings (SSSR count). The summed E-state index contributed by atoms with van der Waals surface area (Å²) >= 11 is 0. The van der Waals surface area contributed by atoms with E-state index in [1.807, 2.05) is 0 Å². The van der Waals surface area contributed by atoms with Gasteiger partial charge in [0.15, 0.2) is 0 Å². The molecule has 2 unspecified atom stereocenters. The third-order valence-corrected chi connectivity index (χ3v) is 4.40. The molecule has 2 saturated carbocycles. The summed E-state index contributed by atoms with van der Waals surface area (Å²) in [7, 11) is 0. The molecule has 86 valence electrons. The molecule has 0 bridgehead atoms. The lowest BCUT2D eigenvalue weighted by Gasteiger charge is -2.42. The lowest BCUT2D eigenvalue weighted by molar-refractivity contribution is -0.0858. The summed E-state index contributed by atoms with van der Waals surface area (Å²) in [5.41, 5.74) is 0. The number of morpholine rings is 1. The van der Waals surface area contributed by atoms with Crippen LogP contribution in [0.4, 0.5) is 0 Å².